The topological polar surface area (TPSA) is 55.1 Å². The molecule has 102 valence electrons. The van der Waals surface area contributed by atoms with E-state index in [-0.39, 0.29) is 18.3 Å². The lowest BCUT2D eigenvalue weighted by molar-refractivity contribution is -0.120. The molecule has 0 atom stereocenters. The van der Waals surface area contributed by atoms with Gasteiger partial charge in [0.05, 0.1) is 6.42 Å². The summed E-state index contributed by atoms with van der Waals surface area (Å²) >= 11 is 0. The maximum atomic E-state index is 11.7. The van der Waals surface area contributed by atoms with Crippen molar-refractivity contribution in [2.75, 3.05) is 13.1 Å². The Morgan fingerprint density at radius 3 is 2.58 bits per heavy atom. The fourth-order valence-electron chi connectivity index (χ4n) is 1.93. The lowest BCUT2D eigenvalue weighted by Gasteiger charge is -2.05. The number of amides is 1. The number of nitrogens with two attached hydrogens (primary N) is 1. The first-order chi connectivity index (χ1) is 8.79. The van der Waals surface area contributed by atoms with E-state index in [2.05, 4.69) is 29.6 Å². The van der Waals surface area contributed by atoms with Crippen molar-refractivity contribution in [3.05, 3.63) is 48.0 Å². The van der Waals surface area contributed by atoms with Gasteiger partial charge in [-0.2, -0.15) is 0 Å². The Kier molecular flexibility index (Phi) is 6.33. The minimum Gasteiger partial charge on any atom is -0.356 e. The van der Waals surface area contributed by atoms with Crippen LogP contribution in [-0.2, 0) is 11.2 Å². The summed E-state index contributed by atoms with van der Waals surface area (Å²) in [5.74, 6) is 0.0544. The SMILES string of the molecule is Cl.NCCCNC(=O)Cc1ccc2ccccc2c1. The van der Waals surface area contributed by atoms with E-state index in [0.717, 1.165) is 12.0 Å². The Balaban J connectivity index is 0.00000180. The maximum Gasteiger partial charge on any atom is 0.224 e. The van der Waals surface area contributed by atoms with E-state index < -0.39 is 0 Å². The number of rotatable bonds is 5. The Bertz CT molecular complexity index is 542. The highest BCUT2D eigenvalue weighted by molar-refractivity contribution is 5.85. The second kappa shape index (κ2) is 7.77. The van der Waals surface area contributed by atoms with Gasteiger partial charge in [0.2, 0.25) is 5.91 Å². The van der Waals surface area contributed by atoms with Gasteiger partial charge in [0, 0.05) is 6.54 Å². The van der Waals surface area contributed by atoms with Gasteiger partial charge < -0.3 is 11.1 Å². The monoisotopic (exact) mass is 278 g/mol. The van der Waals surface area contributed by atoms with E-state index in [1.807, 2.05) is 18.2 Å². The summed E-state index contributed by atoms with van der Waals surface area (Å²) in [6.45, 7) is 1.26. The zero-order valence-electron chi connectivity index (χ0n) is 10.8. The molecule has 0 saturated heterocycles. The van der Waals surface area contributed by atoms with E-state index >= 15 is 0 Å². The van der Waals surface area contributed by atoms with Crippen molar-refractivity contribution in [3.63, 3.8) is 0 Å². The molecule has 3 N–H and O–H groups in total. The van der Waals surface area contributed by atoms with E-state index in [1.54, 1.807) is 0 Å². The average molecular weight is 279 g/mol. The van der Waals surface area contributed by atoms with Crippen LogP contribution in [0.1, 0.15) is 12.0 Å². The van der Waals surface area contributed by atoms with Gasteiger partial charge in [-0.25, -0.2) is 0 Å². The second-order valence-corrected chi connectivity index (χ2v) is 4.35. The molecule has 19 heavy (non-hydrogen) atoms. The first kappa shape index (κ1) is 15.5. The third-order valence-electron chi connectivity index (χ3n) is 2.88. The molecule has 0 aromatic heterocycles. The molecule has 0 aliphatic carbocycles. The molecule has 2 aromatic rings. The molecule has 2 aromatic carbocycles. The van der Waals surface area contributed by atoms with Gasteiger partial charge in [-0.05, 0) is 29.3 Å². The van der Waals surface area contributed by atoms with Gasteiger partial charge in [-0.3, -0.25) is 4.79 Å². The average Bonchev–Trinajstić information content (AvgIpc) is 2.39. The van der Waals surface area contributed by atoms with Gasteiger partial charge in [0.15, 0.2) is 0 Å². The Morgan fingerprint density at radius 2 is 1.84 bits per heavy atom. The lowest BCUT2D eigenvalue weighted by atomic mass is 10.0. The van der Waals surface area contributed by atoms with E-state index in [1.165, 1.54) is 10.8 Å². The fraction of sp³-hybridized carbons (Fsp3) is 0.267. The van der Waals surface area contributed by atoms with Crippen LogP contribution in [0.4, 0.5) is 0 Å². The van der Waals surface area contributed by atoms with E-state index in [9.17, 15) is 4.79 Å². The summed E-state index contributed by atoms with van der Waals surface area (Å²) in [7, 11) is 0. The molecule has 0 bridgehead atoms. The van der Waals surface area contributed by atoms with E-state index in [0.29, 0.717) is 19.5 Å². The molecule has 0 saturated carbocycles. The van der Waals surface area contributed by atoms with Crippen molar-refractivity contribution in [3.8, 4) is 0 Å². The molecule has 3 nitrogen and oxygen atoms in total. The minimum absolute atomic E-state index is 0. The second-order valence-electron chi connectivity index (χ2n) is 4.35. The van der Waals surface area contributed by atoms with Crippen LogP contribution in [0.15, 0.2) is 42.5 Å². The smallest absolute Gasteiger partial charge is 0.224 e. The van der Waals surface area contributed by atoms with Crippen LogP contribution >= 0.6 is 12.4 Å². The third-order valence-corrected chi connectivity index (χ3v) is 2.88. The zero-order chi connectivity index (χ0) is 12.8. The highest BCUT2D eigenvalue weighted by Crippen LogP contribution is 2.15. The van der Waals surface area contributed by atoms with Crippen molar-refractivity contribution in [2.45, 2.75) is 12.8 Å². The summed E-state index contributed by atoms with van der Waals surface area (Å²) in [5, 5.41) is 5.23. The van der Waals surface area contributed by atoms with Crippen molar-refractivity contribution in [1.29, 1.82) is 0 Å². The van der Waals surface area contributed by atoms with Crippen LogP contribution in [0, 0.1) is 0 Å². The van der Waals surface area contributed by atoms with Crippen LogP contribution in [0.5, 0.6) is 0 Å². The van der Waals surface area contributed by atoms with E-state index in [4.69, 9.17) is 5.73 Å². The molecule has 0 aliphatic heterocycles. The third kappa shape index (κ3) is 4.54. The summed E-state index contributed by atoms with van der Waals surface area (Å²) < 4.78 is 0. The molecule has 0 radical (unpaired) electrons. The number of carbonyl (C=O) groups is 1. The maximum absolute atomic E-state index is 11.7. The highest BCUT2D eigenvalue weighted by atomic mass is 35.5. The zero-order valence-corrected chi connectivity index (χ0v) is 11.6. The number of carbonyl (C=O) groups excluding carboxylic acids is 1. The van der Waals surface area contributed by atoms with Crippen molar-refractivity contribution in [1.82, 2.24) is 5.32 Å². The number of benzene rings is 2. The number of nitrogens with one attached hydrogen (secondary N) is 1. The lowest BCUT2D eigenvalue weighted by Crippen LogP contribution is -2.27. The van der Waals surface area contributed by atoms with Crippen LogP contribution in [0.3, 0.4) is 0 Å². The molecule has 0 spiro atoms. The van der Waals surface area contributed by atoms with Gasteiger partial charge in [-0.1, -0.05) is 42.5 Å². The molecule has 2 rings (SSSR count). The molecule has 4 heteroatoms. The largest absolute Gasteiger partial charge is 0.356 e. The van der Waals surface area contributed by atoms with Crippen LogP contribution in [0.2, 0.25) is 0 Å². The van der Waals surface area contributed by atoms with Gasteiger partial charge >= 0.3 is 0 Å². The van der Waals surface area contributed by atoms with Crippen LogP contribution < -0.4 is 11.1 Å². The molecule has 0 fully saturated rings. The molecule has 0 heterocycles. The Hall–Kier alpha value is -1.58. The molecular weight excluding hydrogens is 260 g/mol. The summed E-state index contributed by atoms with van der Waals surface area (Å²) in [5.41, 5.74) is 6.42. The quantitative estimate of drug-likeness (QED) is 0.825. The summed E-state index contributed by atoms with van der Waals surface area (Å²) in [6, 6.07) is 14.3. The highest BCUT2D eigenvalue weighted by Gasteiger charge is 2.03. The van der Waals surface area contributed by atoms with Gasteiger partial charge in [0.1, 0.15) is 0 Å². The first-order valence-corrected chi connectivity index (χ1v) is 6.24. The standard InChI is InChI=1S/C15H18N2O.ClH/c16-8-3-9-17-15(18)11-12-6-7-13-4-1-2-5-14(13)10-12;/h1-2,4-7,10H,3,8-9,11,16H2,(H,17,18);1H. The summed E-state index contributed by atoms with van der Waals surface area (Å²) in [4.78, 5) is 11.7. The normalized spacial score (nSPS) is 9.95. The Morgan fingerprint density at radius 1 is 1.11 bits per heavy atom. The van der Waals surface area contributed by atoms with Crippen molar-refractivity contribution < 1.29 is 4.79 Å². The minimum atomic E-state index is 0. The summed E-state index contributed by atoms with van der Waals surface area (Å²) in [6.07, 6.45) is 1.25. The molecular formula is C15H19ClN2O. The van der Waals surface area contributed by atoms with Crippen molar-refractivity contribution in [2.24, 2.45) is 5.73 Å². The molecule has 0 aliphatic rings. The van der Waals surface area contributed by atoms with Crippen LogP contribution in [0.25, 0.3) is 10.8 Å². The predicted molar refractivity (Wildman–Crippen MR) is 81.6 cm³/mol. The Labute approximate surface area is 119 Å². The van der Waals surface area contributed by atoms with Gasteiger partial charge in [-0.15, -0.1) is 12.4 Å². The van der Waals surface area contributed by atoms with Crippen molar-refractivity contribution >= 4 is 29.1 Å². The number of fused-ring (bicyclic) bond motifs is 1. The fourth-order valence-corrected chi connectivity index (χ4v) is 1.93. The number of halogens is 1. The predicted octanol–water partition coefficient (Wildman–Crippen LogP) is 2.27. The van der Waals surface area contributed by atoms with Gasteiger partial charge in [0.25, 0.3) is 0 Å². The first-order valence-electron chi connectivity index (χ1n) is 6.24. The van der Waals surface area contributed by atoms with Crippen LogP contribution in [-0.4, -0.2) is 19.0 Å². The molecule has 0 unspecified atom stereocenters. The molecule has 1 amide bonds. The number of hydrogen-bond donors (Lipinski definition) is 2. The number of hydrogen-bond acceptors (Lipinski definition) is 2.